The van der Waals surface area contributed by atoms with E-state index >= 15 is 0 Å². The van der Waals surface area contributed by atoms with E-state index in [1.807, 2.05) is 13.0 Å². The van der Waals surface area contributed by atoms with E-state index in [0.29, 0.717) is 27.6 Å². The van der Waals surface area contributed by atoms with Crippen molar-refractivity contribution in [2.45, 2.75) is 40.3 Å². The molecule has 1 unspecified atom stereocenters. The number of rotatable bonds is 5. The Kier molecular flexibility index (Phi) is 5.65. The van der Waals surface area contributed by atoms with Gasteiger partial charge in [-0.05, 0) is 38.0 Å². The molecular weight excluding hydrogens is 335 g/mol. The van der Waals surface area contributed by atoms with Crippen LogP contribution in [0.3, 0.4) is 0 Å². The molecule has 1 amide bonds. The molecule has 1 aromatic carbocycles. The average molecular weight is 355 g/mol. The molecular formula is C16H20Cl2N4O. The fraction of sp³-hybridized carbons (Fsp3) is 0.438. The lowest BCUT2D eigenvalue weighted by Crippen LogP contribution is -2.38. The number of nitrogens with zero attached hydrogens (tertiary/aromatic N) is 3. The zero-order chi connectivity index (χ0) is 17.1. The Morgan fingerprint density at radius 2 is 1.96 bits per heavy atom. The summed E-state index contributed by atoms with van der Waals surface area (Å²) >= 11 is 12.0. The average Bonchev–Trinajstić information content (AvgIpc) is 2.82. The first-order valence-corrected chi connectivity index (χ1v) is 8.19. The van der Waals surface area contributed by atoms with E-state index in [1.165, 1.54) is 0 Å². The molecule has 1 heterocycles. The third-order valence-electron chi connectivity index (χ3n) is 3.64. The van der Waals surface area contributed by atoms with Crippen molar-refractivity contribution in [2.24, 2.45) is 5.92 Å². The highest BCUT2D eigenvalue weighted by Crippen LogP contribution is 2.27. The molecule has 0 bridgehead atoms. The molecule has 23 heavy (non-hydrogen) atoms. The van der Waals surface area contributed by atoms with Gasteiger partial charge in [-0.1, -0.05) is 37.0 Å². The van der Waals surface area contributed by atoms with Gasteiger partial charge in [-0.25, -0.2) is 9.67 Å². The molecule has 0 aliphatic carbocycles. The highest BCUT2D eigenvalue weighted by atomic mass is 35.5. The quantitative estimate of drug-likeness (QED) is 0.889. The molecule has 0 fully saturated rings. The SMILES string of the molecule is Cc1nc(-c2ccc(Cl)c(Cl)c2)n(CC(=O)NC(C)C(C)C)n1. The van der Waals surface area contributed by atoms with Crippen molar-refractivity contribution in [3.63, 3.8) is 0 Å². The number of hydrogen-bond acceptors (Lipinski definition) is 3. The Labute approximate surface area is 146 Å². The summed E-state index contributed by atoms with van der Waals surface area (Å²) in [6, 6.07) is 5.33. The van der Waals surface area contributed by atoms with Crippen molar-refractivity contribution < 1.29 is 4.79 Å². The number of benzene rings is 1. The first-order chi connectivity index (χ1) is 10.8. The van der Waals surface area contributed by atoms with E-state index in [9.17, 15) is 4.79 Å². The molecule has 1 N–H and O–H groups in total. The smallest absolute Gasteiger partial charge is 0.242 e. The fourth-order valence-electron chi connectivity index (χ4n) is 2.02. The van der Waals surface area contributed by atoms with Gasteiger partial charge in [-0.3, -0.25) is 4.79 Å². The monoisotopic (exact) mass is 354 g/mol. The van der Waals surface area contributed by atoms with Gasteiger partial charge in [0.05, 0.1) is 10.0 Å². The summed E-state index contributed by atoms with van der Waals surface area (Å²) in [5.41, 5.74) is 0.768. The lowest BCUT2D eigenvalue weighted by molar-refractivity contribution is -0.122. The van der Waals surface area contributed by atoms with Crippen LogP contribution in [-0.2, 0) is 11.3 Å². The molecule has 0 spiro atoms. The molecule has 2 aromatic rings. The lowest BCUT2D eigenvalue weighted by Gasteiger charge is -2.17. The van der Waals surface area contributed by atoms with Gasteiger partial charge >= 0.3 is 0 Å². The largest absolute Gasteiger partial charge is 0.352 e. The molecule has 1 aromatic heterocycles. The van der Waals surface area contributed by atoms with Crippen molar-refractivity contribution in [3.8, 4) is 11.4 Å². The Bertz CT molecular complexity index is 712. The van der Waals surface area contributed by atoms with E-state index < -0.39 is 0 Å². The van der Waals surface area contributed by atoms with Gasteiger partial charge in [0.2, 0.25) is 5.91 Å². The summed E-state index contributed by atoms with van der Waals surface area (Å²) in [6.45, 7) is 7.99. The predicted molar refractivity (Wildman–Crippen MR) is 92.7 cm³/mol. The summed E-state index contributed by atoms with van der Waals surface area (Å²) in [5, 5.41) is 8.17. The van der Waals surface area contributed by atoms with Crippen molar-refractivity contribution in [2.75, 3.05) is 0 Å². The summed E-state index contributed by atoms with van der Waals surface area (Å²) in [6.07, 6.45) is 0. The number of carbonyl (C=O) groups is 1. The second-order valence-electron chi connectivity index (χ2n) is 5.87. The molecule has 124 valence electrons. The Hall–Kier alpha value is -1.59. The van der Waals surface area contributed by atoms with Crippen LogP contribution < -0.4 is 5.32 Å². The van der Waals surface area contributed by atoms with Crippen LogP contribution in [0.4, 0.5) is 0 Å². The number of amides is 1. The molecule has 0 saturated carbocycles. The van der Waals surface area contributed by atoms with Gasteiger partial charge in [-0.15, -0.1) is 0 Å². The number of nitrogens with one attached hydrogen (secondary N) is 1. The normalized spacial score (nSPS) is 12.5. The first-order valence-electron chi connectivity index (χ1n) is 7.44. The third-order valence-corrected chi connectivity index (χ3v) is 4.38. The van der Waals surface area contributed by atoms with Crippen molar-refractivity contribution >= 4 is 29.1 Å². The molecule has 0 radical (unpaired) electrons. The maximum Gasteiger partial charge on any atom is 0.242 e. The van der Waals surface area contributed by atoms with Gasteiger partial charge < -0.3 is 5.32 Å². The zero-order valence-electron chi connectivity index (χ0n) is 13.6. The highest BCUT2D eigenvalue weighted by Gasteiger charge is 2.16. The maximum atomic E-state index is 12.2. The van der Waals surface area contributed by atoms with Crippen LogP contribution in [0.1, 0.15) is 26.6 Å². The minimum Gasteiger partial charge on any atom is -0.352 e. The van der Waals surface area contributed by atoms with E-state index in [2.05, 4.69) is 29.2 Å². The van der Waals surface area contributed by atoms with Gasteiger partial charge in [0.25, 0.3) is 0 Å². The minimum atomic E-state index is -0.0996. The molecule has 0 aliphatic rings. The van der Waals surface area contributed by atoms with Crippen LogP contribution >= 0.6 is 23.2 Å². The zero-order valence-corrected chi connectivity index (χ0v) is 15.1. The third kappa shape index (κ3) is 4.45. The standard InChI is InChI=1S/C16H20Cl2N4O/c1-9(2)10(3)19-15(23)8-22-16(20-11(4)21-22)12-5-6-13(17)14(18)7-12/h5-7,9-10H,8H2,1-4H3,(H,19,23). The fourth-order valence-corrected chi connectivity index (χ4v) is 2.31. The summed E-state index contributed by atoms with van der Waals surface area (Å²) < 4.78 is 1.58. The summed E-state index contributed by atoms with van der Waals surface area (Å²) in [5.74, 6) is 1.45. The summed E-state index contributed by atoms with van der Waals surface area (Å²) in [4.78, 5) is 16.6. The van der Waals surface area contributed by atoms with Crippen LogP contribution in [-0.4, -0.2) is 26.7 Å². The Morgan fingerprint density at radius 1 is 1.26 bits per heavy atom. The van der Waals surface area contributed by atoms with Crippen LogP contribution in [0.15, 0.2) is 18.2 Å². The van der Waals surface area contributed by atoms with E-state index in [-0.39, 0.29) is 18.5 Å². The topological polar surface area (TPSA) is 59.8 Å². The van der Waals surface area contributed by atoms with E-state index in [0.717, 1.165) is 5.56 Å². The number of halogens is 2. The van der Waals surface area contributed by atoms with Gasteiger partial charge in [0.1, 0.15) is 12.4 Å². The Morgan fingerprint density at radius 3 is 2.57 bits per heavy atom. The molecule has 2 rings (SSSR count). The van der Waals surface area contributed by atoms with E-state index in [4.69, 9.17) is 23.2 Å². The first kappa shape index (κ1) is 17.8. The van der Waals surface area contributed by atoms with Gasteiger partial charge in [0, 0.05) is 11.6 Å². The molecule has 0 saturated heterocycles. The molecule has 0 aliphatic heterocycles. The molecule has 7 heteroatoms. The van der Waals surface area contributed by atoms with Gasteiger partial charge in [0.15, 0.2) is 5.82 Å². The van der Waals surface area contributed by atoms with Crippen LogP contribution in [0, 0.1) is 12.8 Å². The highest BCUT2D eigenvalue weighted by molar-refractivity contribution is 6.42. The van der Waals surface area contributed by atoms with Gasteiger partial charge in [-0.2, -0.15) is 5.10 Å². The van der Waals surface area contributed by atoms with Crippen LogP contribution in [0.25, 0.3) is 11.4 Å². The van der Waals surface area contributed by atoms with Crippen molar-refractivity contribution in [1.29, 1.82) is 0 Å². The number of hydrogen-bond donors (Lipinski definition) is 1. The lowest BCUT2D eigenvalue weighted by atomic mass is 10.1. The molecule has 1 atom stereocenters. The van der Waals surface area contributed by atoms with Crippen molar-refractivity contribution in [3.05, 3.63) is 34.1 Å². The number of aromatic nitrogens is 3. The summed E-state index contributed by atoms with van der Waals surface area (Å²) in [7, 11) is 0. The second-order valence-corrected chi connectivity index (χ2v) is 6.68. The van der Waals surface area contributed by atoms with Crippen LogP contribution in [0.5, 0.6) is 0 Å². The number of carbonyl (C=O) groups excluding carboxylic acids is 1. The number of aryl methyl sites for hydroxylation is 1. The second kappa shape index (κ2) is 7.32. The van der Waals surface area contributed by atoms with E-state index in [1.54, 1.807) is 23.7 Å². The molecule has 5 nitrogen and oxygen atoms in total. The minimum absolute atomic E-state index is 0.0977. The maximum absolute atomic E-state index is 12.2. The Balaban J connectivity index is 2.23. The van der Waals surface area contributed by atoms with Crippen molar-refractivity contribution in [1.82, 2.24) is 20.1 Å². The predicted octanol–water partition coefficient (Wildman–Crippen LogP) is 3.72. The van der Waals surface area contributed by atoms with Crippen LogP contribution in [0.2, 0.25) is 10.0 Å².